The molecule has 0 amide bonds. The van der Waals surface area contributed by atoms with E-state index in [4.69, 9.17) is 5.26 Å². The second kappa shape index (κ2) is 4.43. The molecule has 0 aromatic rings. The van der Waals surface area contributed by atoms with Crippen LogP contribution in [-0.4, -0.2) is 31.1 Å². The number of hydrogen-bond donors (Lipinski definition) is 0. The summed E-state index contributed by atoms with van der Waals surface area (Å²) in [6, 6.07) is 1.72. The summed E-state index contributed by atoms with van der Waals surface area (Å²) >= 11 is 0. The molecule has 0 fully saturated rings. The van der Waals surface area contributed by atoms with Crippen molar-refractivity contribution in [1.82, 2.24) is 4.31 Å². The fraction of sp³-hybridized carbons (Fsp3) is 0.857. The summed E-state index contributed by atoms with van der Waals surface area (Å²) in [5, 5.41) is 7.51. The van der Waals surface area contributed by atoms with E-state index in [2.05, 4.69) is 0 Å². The van der Waals surface area contributed by atoms with Crippen molar-refractivity contribution < 1.29 is 8.42 Å². The summed E-state index contributed by atoms with van der Waals surface area (Å²) in [6.45, 7) is 5.75. The van der Waals surface area contributed by atoms with Gasteiger partial charge in [-0.2, -0.15) is 5.26 Å². The number of sulfonamides is 1. The lowest BCUT2D eigenvalue weighted by molar-refractivity contribution is 0.442. The van der Waals surface area contributed by atoms with Crippen molar-refractivity contribution >= 4 is 10.0 Å². The van der Waals surface area contributed by atoms with Crippen LogP contribution in [0.25, 0.3) is 0 Å². The van der Waals surface area contributed by atoms with Gasteiger partial charge in [0.15, 0.2) is 5.25 Å². The highest BCUT2D eigenvalue weighted by Gasteiger charge is 2.25. The number of nitrogens with zero attached hydrogens (tertiary/aromatic N) is 2. The maximum Gasteiger partial charge on any atom is 0.230 e. The minimum Gasteiger partial charge on any atom is -0.211 e. The molecule has 5 heteroatoms. The van der Waals surface area contributed by atoms with Crippen molar-refractivity contribution in [2.24, 2.45) is 0 Å². The average molecular weight is 190 g/mol. The summed E-state index contributed by atoms with van der Waals surface area (Å²) in [5.41, 5.74) is 0. The van der Waals surface area contributed by atoms with E-state index in [1.807, 2.05) is 0 Å². The van der Waals surface area contributed by atoms with Gasteiger partial charge in [-0.25, -0.2) is 12.7 Å². The van der Waals surface area contributed by atoms with Gasteiger partial charge in [-0.1, -0.05) is 13.8 Å². The Kier molecular flexibility index (Phi) is 4.21. The van der Waals surface area contributed by atoms with Crippen molar-refractivity contribution in [1.29, 1.82) is 5.26 Å². The fourth-order valence-electron chi connectivity index (χ4n) is 0.874. The zero-order valence-electron chi connectivity index (χ0n) is 7.61. The molecule has 0 aliphatic rings. The number of nitriles is 1. The van der Waals surface area contributed by atoms with Crippen LogP contribution < -0.4 is 0 Å². The van der Waals surface area contributed by atoms with Gasteiger partial charge in [-0.15, -0.1) is 0 Å². The molecule has 0 aromatic carbocycles. The van der Waals surface area contributed by atoms with Gasteiger partial charge in [0.2, 0.25) is 10.0 Å². The smallest absolute Gasteiger partial charge is 0.211 e. The first kappa shape index (κ1) is 11.4. The predicted octanol–water partition coefficient (Wildman–Crippen LogP) is 0.570. The van der Waals surface area contributed by atoms with Gasteiger partial charge in [-0.3, -0.25) is 0 Å². The quantitative estimate of drug-likeness (QED) is 0.651. The van der Waals surface area contributed by atoms with E-state index in [-0.39, 0.29) is 0 Å². The normalized spacial score (nSPS) is 14.2. The second-order valence-corrected chi connectivity index (χ2v) is 4.65. The summed E-state index contributed by atoms with van der Waals surface area (Å²) < 4.78 is 24.1. The van der Waals surface area contributed by atoms with E-state index in [1.54, 1.807) is 19.9 Å². The van der Waals surface area contributed by atoms with E-state index in [9.17, 15) is 8.42 Å². The largest absolute Gasteiger partial charge is 0.230 e. The molecule has 0 spiro atoms. The summed E-state index contributed by atoms with van der Waals surface area (Å²) in [6.07, 6.45) is 0. The van der Waals surface area contributed by atoms with Crippen molar-refractivity contribution in [2.75, 3.05) is 13.1 Å². The first-order valence-electron chi connectivity index (χ1n) is 3.89. The van der Waals surface area contributed by atoms with Crippen LogP contribution in [0.5, 0.6) is 0 Å². The van der Waals surface area contributed by atoms with E-state index >= 15 is 0 Å². The molecule has 1 atom stereocenters. The summed E-state index contributed by atoms with van der Waals surface area (Å²) in [7, 11) is -3.38. The third kappa shape index (κ3) is 2.19. The Morgan fingerprint density at radius 2 is 1.83 bits per heavy atom. The van der Waals surface area contributed by atoms with Gasteiger partial charge < -0.3 is 0 Å². The molecule has 0 aliphatic heterocycles. The minimum atomic E-state index is -3.38. The third-order valence-corrected chi connectivity index (χ3v) is 3.93. The van der Waals surface area contributed by atoms with Crippen LogP contribution in [0.4, 0.5) is 0 Å². The van der Waals surface area contributed by atoms with Gasteiger partial charge in [0, 0.05) is 13.1 Å². The highest BCUT2D eigenvalue weighted by atomic mass is 32.2. The number of hydrogen-bond acceptors (Lipinski definition) is 3. The molecule has 0 saturated heterocycles. The Morgan fingerprint density at radius 3 is 2.08 bits per heavy atom. The van der Waals surface area contributed by atoms with E-state index in [0.717, 1.165) is 0 Å². The van der Waals surface area contributed by atoms with Crippen molar-refractivity contribution in [3.63, 3.8) is 0 Å². The zero-order valence-corrected chi connectivity index (χ0v) is 8.43. The van der Waals surface area contributed by atoms with Crippen LogP contribution in [0, 0.1) is 11.3 Å². The third-order valence-electron chi connectivity index (χ3n) is 1.69. The molecule has 0 heterocycles. The molecule has 0 saturated carbocycles. The molecular weight excluding hydrogens is 176 g/mol. The van der Waals surface area contributed by atoms with Crippen LogP contribution in [0.1, 0.15) is 20.8 Å². The van der Waals surface area contributed by atoms with Gasteiger partial charge in [0.25, 0.3) is 0 Å². The first-order chi connectivity index (χ1) is 5.50. The first-order valence-corrected chi connectivity index (χ1v) is 5.39. The van der Waals surface area contributed by atoms with Crippen LogP contribution in [-0.2, 0) is 10.0 Å². The summed E-state index contributed by atoms with van der Waals surface area (Å²) in [4.78, 5) is 0. The Labute approximate surface area is 73.8 Å². The SMILES string of the molecule is CCN(CC)S(=O)(=O)C(C)C#N. The molecule has 1 unspecified atom stereocenters. The van der Waals surface area contributed by atoms with Gasteiger partial charge >= 0.3 is 0 Å². The molecule has 0 N–H and O–H groups in total. The Bertz CT molecular complexity index is 262. The molecule has 70 valence electrons. The van der Waals surface area contributed by atoms with Crippen molar-refractivity contribution in [2.45, 2.75) is 26.0 Å². The highest BCUT2D eigenvalue weighted by Crippen LogP contribution is 2.06. The molecule has 0 rings (SSSR count). The Hall–Kier alpha value is -0.600. The molecule has 0 aromatic heterocycles. The van der Waals surface area contributed by atoms with Gasteiger partial charge in [0.05, 0.1) is 6.07 Å². The fourth-order valence-corrected chi connectivity index (χ4v) is 2.17. The van der Waals surface area contributed by atoms with E-state index < -0.39 is 15.3 Å². The predicted molar refractivity (Wildman–Crippen MR) is 46.9 cm³/mol. The minimum absolute atomic E-state index is 0.421. The lowest BCUT2D eigenvalue weighted by Crippen LogP contribution is -2.36. The molecule has 0 bridgehead atoms. The van der Waals surface area contributed by atoms with Crippen LogP contribution in [0.3, 0.4) is 0 Å². The van der Waals surface area contributed by atoms with Crippen LogP contribution in [0.2, 0.25) is 0 Å². The topological polar surface area (TPSA) is 61.2 Å². The van der Waals surface area contributed by atoms with Crippen molar-refractivity contribution in [3.8, 4) is 6.07 Å². The number of rotatable bonds is 4. The van der Waals surface area contributed by atoms with Crippen LogP contribution >= 0.6 is 0 Å². The maximum atomic E-state index is 11.4. The lowest BCUT2D eigenvalue weighted by Gasteiger charge is -2.19. The second-order valence-electron chi connectivity index (χ2n) is 2.40. The Balaban J connectivity index is 4.74. The standard InChI is InChI=1S/C7H14N2O2S/c1-4-9(5-2)12(10,11)7(3)6-8/h7H,4-5H2,1-3H3. The lowest BCUT2D eigenvalue weighted by atomic mass is 10.5. The summed E-state index contributed by atoms with van der Waals surface area (Å²) in [5.74, 6) is 0. The van der Waals surface area contributed by atoms with E-state index in [0.29, 0.717) is 13.1 Å². The maximum absolute atomic E-state index is 11.4. The molecule has 0 radical (unpaired) electrons. The van der Waals surface area contributed by atoms with Gasteiger partial charge in [-0.05, 0) is 6.92 Å². The monoisotopic (exact) mass is 190 g/mol. The molecule has 4 nitrogen and oxygen atoms in total. The van der Waals surface area contributed by atoms with E-state index in [1.165, 1.54) is 11.2 Å². The highest BCUT2D eigenvalue weighted by molar-refractivity contribution is 7.89. The Morgan fingerprint density at radius 1 is 1.42 bits per heavy atom. The molecular formula is C7H14N2O2S. The average Bonchev–Trinajstić information content (AvgIpc) is 2.04. The van der Waals surface area contributed by atoms with Gasteiger partial charge in [0.1, 0.15) is 0 Å². The zero-order chi connectivity index (χ0) is 9.78. The molecule has 12 heavy (non-hydrogen) atoms. The van der Waals surface area contributed by atoms with Crippen molar-refractivity contribution in [3.05, 3.63) is 0 Å². The molecule has 0 aliphatic carbocycles. The van der Waals surface area contributed by atoms with Crippen LogP contribution in [0.15, 0.2) is 0 Å².